The van der Waals surface area contributed by atoms with Crippen LogP contribution in [0.5, 0.6) is 0 Å². The molecule has 388 valence electrons. The summed E-state index contributed by atoms with van der Waals surface area (Å²) in [7, 11) is 0. The van der Waals surface area contributed by atoms with E-state index in [1.807, 2.05) is 11.8 Å². The van der Waals surface area contributed by atoms with Crippen LogP contribution in [0, 0.1) is 23.7 Å². The van der Waals surface area contributed by atoms with Crippen LogP contribution in [0.15, 0.2) is 213 Å². The van der Waals surface area contributed by atoms with Crippen molar-refractivity contribution in [3.05, 3.63) is 216 Å². The predicted molar refractivity (Wildman–Crippen MR) is 331 cm³/mol. The third-order valence-corrected chi connectivity index (χ3v) is 20.5. The summed E-state index contributed by atoms with van der Waals surface area (Å²) in [6.07, 6.45) is 6.41. The molecule has 4 bridgehead atoms. The zero-order valence-corrected chi connectivity index (χ0v) is 46.8. The second-order valence-corrected chi connectivity index (χ2v) is 26.7. The van der Waals surface area contributed by atoms with Crippen molar-refractivity contribution < 1.29 is 8.83 Å². The van der Waals surface area contributed by atoms with Gasteiger partial charge in [-0.1, -0.05) is 187 Å². The molecule has 4 nitrogen and oxygen atoms in total. The lowest BCUT2D eigenvalue weighted by Crippen LogP contribution is -2.57. The third-order valence-electron chi connectivity index (χ3n) is 19.2. The molecule has 12 aromatic rings. The van der Waals surface area contributed by atoms with Crippen LogP contribution in [0.2, 0.25) is 0 Å². The molecule has 4 saturated carbocycles. The molecule has 1 aliphatic heterocycles. The summed E-state index contributed by atoms with van der Waals surface area (Å²) >= 11 is 2.03. The van der Waals surface area contributed by atoms with Crippen molar-refractivity contribution in [2.45, 2.75) is 99.7 Å². The third kappa shape index (κ3) is 7.00. The molecule has 79 heavy (non-hydrogen) atoms. The highest BCUT2D eigenvalue weighted by atomic mass is 32.2. The number of rotatable bonds is 6. The van der Waals surface area contributed by atoms with Crippen LogP contribution in [0.3, 0.4) is 0 Å². The Morgan fingerprint density at radius 2 is 0.747 bits per heavy atom. The average Bonchev–Trinajstić information content (AvgIpc) is 2.13. The Hall–Kier alpha value is -7.73. The van der Waals surface area contributed by atoms with E-state index < -0.39 is 0 Å². The van der Waals surface area contributed by atoms with Gasteiger partial charge in [0.15, 0.2) is 11.2 Å². The monoisotopic (exact) mass is 1040 g/mol. The van der Waals surface area contributed by atoms with Crippen LogP contribution < -0.4 is 9.80 Å². The maximum Gasteiger partial charge on any atom is 0.159 e. The fraction of sp³-hybridized carbons (Fsp3) is 0.243. The fourth-order valence-corrected chi connectivity index (χ4v) is 17.2. The maximum atomic E-state index is 7.00. The number of fused-ring (bicyclic) bond motifs is 12. The van der Waals surface area contributed by atoms with Gasteiger partial charge < -0.3 is 18.6 Å². The summed E-state index contributed by atoms with van der Waals surface area (Å²) in [5.41, 5.74) is 15.7. The van der Waals surface area contributed by atoms with Gasteiger partial charge in [0, 0.05) is 58.9 Å². The van der Waals surface area contributed by atoms with Crippen molar-refractivity contribution in [2.24, 2.45) is 23.7 Å². The van der Waals surface area contributed by atoms with E-state index in [-0.39, 0.29) is 16.2 Å². The van der Waals surface area contributed by atoms with Gasteiger partial charge in [0.05, 0.1) is 22.7 Å². The summed E-state index contributed by atoms with van der Waals surface area (Å²) in [5.74, 6) is 2.51. The molecule has 0 saturated heterocycles. The Labute approximate surface area is 467 Å². The second-order valence-electron chi connectivity index (χ2n) is 25.7. The molecule has 1 spiro atoms. The van der Waals surface area contributed by atoms with Gasteiger partial charge in [-0.15, -0.1) is 0 Å². The summed E-state index contributed by atoms with van der Waals surface area (Å²) in [6, 6.07) is 73.3. The Morgan fingerprint density at radius 3 is 1.15 bits per heavy atom. The first-order chi connectivity index (χ1) is 38.4. The van der Waals surface area contributed by atoms with Gasteiger partial charge in [0.2, 0.25) is 0 Å². The molecule has 10 aromatic carbocycles. The number of nitrogens with zero attached hydrogens (tertiary/aromatic N) is 2. The van der Waals surface area contributed by atoms with Crippen molar-refractivity contribution in [2.75, 3.05) is 9.80 Å². The lowest BCUT2D eigenvalue weighted by Gasteiger charge is -2.63. The zero-order valence-electron chi connectivity index (χ0n) is 45.9. The van der Waals surface area contributed by atoms with Crippen molar-refractivity contribution in [3.8, 4) is 0 Å². The molecule has 17 rings (SSSR count). The molecule has 2 aromatic heterocycles. The number of hydrogen-bond donors (Lipinski definition) is 0. The Morgan fingerprint density at radius 1 is 0.380 bits per heavy atom. The van der Waals surface area contributed by atoms with Gasteiger partial charge in [-0.25, -0.2) is 0 Å². The van der Waals surface area contributed by atoms with Crippen LogP contribution in [0.25, 0.3) is 65.4 Å². The predicted octanol–water partition coefficient (Wildman–Crippen LogP) is 21.5. The first-order valence-electron chi connectivity index (χ1n) is 28.8. The number of hydrogen-bond acceptors (Lipinski definition) is 5. The van der Waals surface area contributed by atoms with Gasteiger partial charge in [0.25, 0.3) is 0 Å². The first-order valence-corrected chi connectivity index (χ1v) is 29.6. The second kappa shape index (κ2) is 17.1. The SMILES string of the molecule is CC(C)(C)c1ccc(N(c2cc3c(c4ccccc24)Sc2c(cc(N(c4ccc(C(C)(C)C)cc4)c4cccc5c4oc4ccccc45)c4ccccc24)C32C3CC4CC(C3)CC2C4)c2cccc3c2oc2ccccc23)cc1. The largest absolute Gasteiger partial charge is 0.454 e. The summed E-state index contributed by atoms with van der Waals surface area (Å²) in [5, 5.41) is 9.65. The highest BCUT2D eigenvalue weighted by Gasteiger charge is 2.61. The van der Waals surface area contributed by atoms with Crippen molar-refractivity contribution in [1.29, 1.82) is 0 Å². The minimum atomic E-state index is -0.249. The maximum absolute atomic E-state index is 7.00. The van der Waals surface area contributed by atoms with Crippen LogP contribution in [-0.4, -0.2) is 0 Å². The molecule has 0 amide bonds. The topological polar surface area (TPSA) is 32.8 Å². The molecule has 0 N–H and O–H groups in total. The average molecular weight is 1050 g/mol. The molecule has 4 aliphatic carbocycles. The van der Waals surface area contributed by atoms with Crippen LogP contribution >= 0.6 is 11.8 Å². The minimum absolute atomic E-state index is 0.00412. The normalized spacial score (nSPS) is 19.3. The molecule has 5 aliphatic rings. The van der Waals surface area contributed by atoms with E-state index in [4.69, 9.17) is 8.83 Å². The van der Waals surface area contributed by atoms with Gasteiger partial charge in [-0.3, -0.25) is 0 Å². The summed E-state index contributed by atoms with van der Waals surface area (Å²) in [6.45, 7) is 13.8. The van der Waals surface area contributed by atoms with Gasteiger partial charge in [-0.2, -0.15) is 0 Å². The number of benzene rings is 10. The van der Waals surface area contributed by atoms with E-state index in [0.29, 0.717) is 11.8 Å². The first kappa shape index (κ1) is 47.3. The quantitative estimate of drug-likeness (QED) is 0.166. The minimum Gasteiger partial charge on any atom is -0.454 e. The zero-order chi connectivity index (χ0) is 53.1. The highest BCUT2D eigenvalue weighted by Crippen LogP contribution is 2.71. The van der Waals surface area contributed by atoms with Crippen LogP contribution in [0.1, 0.15) is 95.9 Å². The molecule has 0 unspecified atom stereocenters. The molecule has 3 heterocycles. The van der Waals surface area contributed by atoms with Gasteiger partial charge in [0.1, 0.15) is 11.2 Å². The van der Waals surface area contributed by atoms with E-state index in [1.165, 1.54) is 97.1 Å². The van der Waals surface area contributed by atoms with Crippen molar-refractivity contribution in [1.82, 2.24) is 0 Å². The van der Waals surface area contributed by atoms with Crippen molar-refractivity contribution in [3.63, 3.8) is 0 Å². The lowest BCUT2D eigenvalue weighted by atomic mass is 9.42. The van der Waals surface area contributed by atoms with E-state index in [0.717, 1.165) is 78.5 Å². The summed E-state index contributed by atoms with van der Waals surface area (Å²) < 4.78 is 14.0. The molecular weight excluding hydrogens is 981 g/mol. The Kier molecular flexibility index (Phi) is 10.3. The van der Waals surface area contributed by atoms with Crippen molar-refractivity contribution >= 4 is 111 Å². The lowest BCUT2D eigenvalue weighted by molar-refractivity contribution is -0.0441. The molecular formula is C74H64N2O2S. The molecule has 0 radical (unpaired) electrons. The molecule has 5 heteroatoms. The van der Waals surface area contributed by atoms with Crippen LogP contribution in [0.4, 0.5) is 34.1 Å². The van der Waals surface area contributed by atoms with E-state index >= 15 is 0 Å². The number of para-hydroxylation sites is 4. The van der Waals surface area contributed by atoms with Crippen LogP contribution in [-0.2, 0) is 16.2 Å². The van der Waals surface area contributed by atoms with E-state index in [1.54, 1.807) is 0 Å². The van der Waals surface area contributed by atoms with Gasteiger partial charge >= 0.3 is 0 Å². The van der Waals surface area contributed by atoms with Gasteiger partial charge in [-0.05, 0) is 160 Å². The Balaban J connectivity index is 0.999. The summed E-state index contributed by atoms with van der Waals surface area (Å²) in [4.78, 5) is 7.94. The van der Waals surface area contributed by atoms with E-state index in [2.05, 4.69) is 245 Å². The smallest absolute Gasteiger partial charge is 0.159 e. The number of furan rings is 2. The van der Waals surface area contributed by atoms with E-state index in [9.17, 15) is 0 Å². The highest BCUT2D eigenvalue weighted by molar-refractivity contribution is 8.00. The fourth-order valence-electron chi connectivity index (χ4n) is 15.8. The Bertz CT molecular complexity index is 4160. The standard InChI is InChI=1S/C74H64N2O2S/c1-72(2,3)46-29-33-50(34-30-46)75(62-25-15-23-56-54-19-11-13-27-66(54)77-68(56)62)64-42-60-70(58-21-9-7-17-52(58)64)79-71-59-22-10-8-18-53(59)65(43-61(71)74(60)48-38-44-37-45(40-48)41-49(74)39-44)76(51-35-31-47(32-36-51)73(4,5)6)63-26-16-24-57-55-20-12-14-28-67(55)78-69(57)63/h7-36,42-45,48-49H,37-41H2,1-6H3. The number of anilines is 6. The molecule has 4 fully saturated rings. The molecule has 0 atom stereocenters.